The quantitative estimate of drug-likeness (QED) is 0.921. The molecule has 2 unspecified atom stereocenters. The summed E-state index contributed by atoms with van der Waals surface area (Å²) in [5.74, 6) is 0.857. The summed E-state index contributed by atoms with van der Waals surface area (Å²) in [4.78, 5) is 14.3. The van der Waals surface area contributed by atoms with E-state index >= 15 is 0 Å². The highest BCUT2D eigenvalue weighted by Gasteiger charge is 2.23. The fourth-order valence-corrected chi connectivity index (χ4v) is 3.04. The Morgan fingerprint density at radius 3 is 2.65 bits per heavy atom. The molecule has 4 heteroatoms. The van der Waals surface area contributed by atoms with Crippen molar-refractivity contribution in [2.45, 2.75) is 27.2 Å². The molecule has 1 N–H and O–H groups in total. The van der Waals surface area contributed by atoms with E-state index in [0.29, 0.717) is 24.1 Å². The molecule has 0 radical (unpaired) electrons. The number of halogens is 1. The zero-order valence-corrected chi connectivity index (χ0v) is 12.4. The largest absolute Gasteiger partial charge is 0.325 e. The van der Waals surface area contributed by atoms with E-state index in [2.05, 4.69) is 24.1 Å². The predicted octanol–water partition coefficient (Wildman–Crippen LogP) is 3.05. The maximum atomic E-state index is 13.2. The summed E-state index contributed by atoms with van der Waals surface area (Å²) in [6.45, 7) is 8.60. The van der Waals surface area contributed by atoms with Gasteiger partial charge in [0.2, 0.25) is 5.91 Å². The van der Waals surface area contributed by atoms with Crippen LogP contribution in [0.15, 0.2) is 18.2 Å². The number of carbonyl (C=O) groups is 1. The minimum Gasteiger partial charge on any atom is -0.325 e. The first-order valence-corrected chi connectivity index (χ1v) is 7.22. The van der Waals surface area contributed by atoms with Gasteiger partial charge in [-0.15, -0.1) is 0 Å². The van der Waals surface area contributed by atoms with E-state index in [1.807, 2.05) is 6.92 Å². The third kappa shape index (κ3) is 4.04. The number of nitrogens with one attached hydrogen (secondary N) is 1. The SMILES string of the molecule is Cc1ccc(F)cc1NC(=O)CN1CC(C)CC(C)C1. The van der Waals surface area contributed by atoms with Crippen molar-refractivity contribution in [2.75, 3.05) is 25.0 Å². The highest BCUT2D eigenvalue weighted by Crippen LogP contribution is 2.21. The Kier molecular flexibility index (Phi) is 4.76. The molecule has 1 fully saturated rings. The molecule has 2 atom stereocenters. The number of aryl methyl sites for hydroxylation is 1. The molecule has 1 aromatic carbocycles. The molecule has 0 saturated carbocycles. The van der Waals surface area contributed by atoms with Crippen molar-refractivity contribution in [3.8, 4) is 0 Å². The number of rotatable bonds is 3. The van der Waals surface area contributed by atoms with Crippen LogP contribution in [-0.2, 0) is 4.79 Å². The number of nitrogens with zero attached hydrogens (tertiary/aromatic N) is 1. The molecular formula is C16H23FN2O. The number of likely N-dealkylation sites (tertiary alicyclic amines) is 1. The molecule has 2 rings (SSSR count). The Bertz CT molecular complexity index is 479. The zero-order valence-electron chi connectivity index (χ0n) is 12.4. The number of anilines is 1. The van der Waals surface area contributed by atoms with Crippen LogP contribution in [0.4, 0.5) is 10.1 Å². The summed E-state index contributed by atoms with van der Waals surface area (Å²) >= 11 is 0. The van der Waals surface area contributed by atoms with E-state index in [0.717, 1.165) is 18.7 Å². The van der Waals surface area contributed by atoms with Crippen LogP contribution >= 0.6 is 0 Å². The van der Waals surface area contributed by atoms with Crippen molar-refractivity contribution >= 4 is 11.6 Å². The van der Waals surface area contributed by atoms with Gasteiger partial charge >= 0.3 is 0 Å². The van der Waals surface area contributed by atoms with Crippen LogP contribution in [0.3, 0.4) is 0 Å². The number of piperidine rings is 1. The maximum absolute atomic E-state index is 13.2. The monoisotopic (exact) mass is 278 g/mol. The zero-order chi connectivity index (χ0) is 14.7. The lowest BCUT2D eigenvalue weighted by Gasteiger charge is -2.34. The third-order valence-electron chi connectivity index (χ3n) is 3.79. The number of amides is 1. The summed E-state index contributed by atoms with van der Waals surface area (Å²) in [5, 5.41) is 2.81. The minimum absolute atomic E-state index is 0.0694. The predicted molar refractivity (Wildman–Crippen MR) is 79.2 cm³/mol. The summed E-state index contributed by atoms with van der Waals surface area (Å²) in [6.07, 6.45) is 1.22. The van der Waals surface area contributed by atoms with Gasteiger partial charge in [0.1, 0.15) is 5.82 Å². The van der Waals surface area contributed by atoms with Crippen LogP contribution in [0.5, 0.6) is 0 Å². The van der Waals surface area contributed by atoms with Gasteiger partial charge in [0.05, 0.1) is 6.54 Å². The van der Waals surface area contributed by atoms with Crippen LogP contribution in [0, 0.1) is 24.6 Å². The molecule has 3 nitrogen and oxygen atoms in total. The van der Waals surface area contributed by atoms with Crippen molar-refractivity contribution in [3.05, 3.63) is 29.6 Å². The van der Waals surface area contributed by atoms with Crippen molar-refractivity contribution in [1.29, 1.82) is 0 Å². The summed E-state index contributed by atoms with van der Waals surface area (Å²) in [6, 6.07) is 4.45. The average Bonchev–Trinajstić information content (AvgIpc) is 2.32. The van der Waals surface area contributed by atoms with Gasteiger partial charge in [-0.1, -0.05) is 19.9 Å². The van der Waals surface area contributed by atoms with Crippen LogP contribution in [0.2, 0.25) is 0 Å². The average molecular weight is 278 g/mol. The van der Waals surface area contributed by atoms with Gasteiger partial charge in [-0.3, -0.25) is 9.69 Å². The Labute approximate surface area is 120 Å². The first-order chi connectivity index (χ1) is 9.44. The molecule has 1 aromatic rings. The Morgan fingerprint density at radius 1 is 1.35 bits per heavy atom. The molecule has 0 bridgehead atoms. The lowest BCUT2D eigenvalue weighted by atomic mass is 9.92. The Morgan fingerprint density at radius 2 is 2.00 bits per heavy atom. The first-order valence-electron chi connectivity index (χ1n) is 7.22. The van der Waals surface area contributed by atoms with Gasteiger partial charge in [-0.25, -0.2) is 4.39 Å². The van der Waals surface area contributed by atoms with E-state index < -0.39 is 0 Å². The van der Waals surface area contributed by atoms with E-state index in [9.17, 15) is 9.18 Å². The highest BCUT2D eigenvalue weighted by atomic mass is 19.1. The molecule has 110 valence electrons. The molecule has 20 heavy (non-hydrogen) atoms. The fourth-order valence-electron chi connectivity index (χ4n) is 3.04. The van der Waals surface area contributed by atoms with Crippen LogP contribution in [0.25, 0.3) is 0 Å². The number of benzene rings is 1. The minimum atomic E-state index is -0.328. The first kappa shape index (κ1) is 15.0. The second-order valence-corrected chi connectivity index (χ2v) is 6.15. The van der Waals surface area contributed by atoms with Crippen LogP contribution in [-0.4, -0.2) is 30.4 Å². The molecule has 1 heterocycles. The second kappa shape index (κ2) is 6.35. The Hall–Kier alpha value is -1.42. The molecule has 1 aliphatic rings. The molecule has 0 aromatic heterocycles. The summed E-state index contributed by atoms with van der Waals surface area (Å²) in [7, 11) is 0. The van der Waals surface area contributed by atoms with Gasteiger partial charge in [0.15, 0.2) is 0 Å². The fraction of sp³-hybridized carbons (Fsp3) is 0.562. The van der Waals surface area contributed by atoms with Gasteiger partial charge in [0, 0.05) is 18.8 Å². The number of carbonyl (C=O) groups excluding carboxylic acids is 1. The Balaban J connectivity index is 1.93. The van der Waals surface area contributed by atoms with Gasteiger partial charge < -0.3 is 5.32 Å². The standard InChI is InChI=1S/C16H23FN2O/c1-11-6-12(2)9-19(8-11)10-16(20)18-15-7-14(17)5-4-13(15)3/h4-5,7,11-12H,6,8-10H2,1-3H3,(H,18,20). The van der Waals surface area contributed by atoms with Crippen molar-refractivity contribution in [2.24, 2.45) is 11.8 Å². The third-order valence-corrected chi connectivity index (χ3v) is 3.79. The van der Waals surface area contributed by atoms with E-state index in [-0.39, 0.29) is 11.7 Å². The summed E-state index contributed by atoms with van der Waals surface area (Å²) in [5.41, 5.74) is 1.44. The van der Waals surface area contributed by atoms with E-state index in [1.54, 1.807) is 6.07 Å². The highest BCUT2D eigenvalue weighted by molar-refractivity contribution is 5.92. The van der Waals surface area contributed by atoms with Crippen molar-refractivity contribution < 1.29 is 9.18 Å². The molecule has 1 amide bonds. The lowest BCUT2D eigenvalue weighted by Crippen LogP contribution is -2.42. The van der Waals surface area contributed by atoms with Crippen molar-refractivity contribution in [1.82, 2.24) is 4.90 Å². The smallest absolute Gasteiger partial charge is 0.238 e. The molecule has 1 aliphatic heterocycles. The molecule has 0 spiro atoms. The van der Waals surface area contributed by atoms with Gasteiger partial charge in [-0.05, 0) is 42.9 Å². The maximum Gasteiger partial charge on any atom is 0.238 e. The molecule has 1 saturated heterocycles. The second-order valence-electron chi connectivity index (χ2n) is 6.15. The molecule has 0 aliphatic carbocycles. The molecular weight excluding hydrogens is 255 g/mol. The van der Waals surface area contributed by atoms with Crippen molar-refractivity contribution in [3.63, 3.8) is 0 Å². The topological polar surface area (TPSA) is 32.3 Å². The van der Waals surface area contributed by atoms with Crippen LogP contribution in [0.1, 0.15) is 25.8 Å². The van der Waals surface area contributed by atoms with Gasteiger partial charge in [0.25, 0.3) is 0 Å². The van der Waals surface area contributed by atoms with Crippen LogP contribution < -0.4 is 5.32 Å². The van der Waals surface area contributed by atoms with E-state index in [4.69, 9.17) is 0 Å². The number of hydrogen-bond acceptors (Lipinski definition) is 2. The van der Waals surface area contributed by atoms with E-state index in [1.165, 1.54) is 18.6 Å². The number of hydrogen-bond donors (Lipinski definition) is 1. The van der Waals surface area contributed by atoms with Gasteiger partial charge in [-0.2, -0.15) is 0 Å². The summed E-state index contributed by atoms with van der Waals surface area (Å²) < 4.78 is 13.2. The lowest BCUT2D eigenvalue weighted by molar-refractivity contribution is -0.117. The normalized spacial score (nSPS) is 23.6.